The summed E-state index contributed by atoms with van der Waals surface area (Å²) in [7, 11) is 0. The smallest absolute Gasteiger partial charge is 0.248 e. The maximum absolute atomic E-state index is 14.8. The number of aliphatic hydroxyl groups is 7. The summed E-state index contributed by atoms with van der Waals surface area (Å²) in [6, 6.07) is -9.09. The molecule has 0 bridgehead atoms. The molecule has 3 aliphatic rings. The van der Waals surface area contributed by atoms with E-state index in [1.54, 1.807) is 0 Å². The quantitative estimate of drug-likeness (QED) is 0.0408. The minimum absolute atomic E-state index is 0.0349. The Bertz CT molecular complexity index is 2370. The van der Waals surface area contributed by atoms with Crippen molar-refractivity contribution in [1.82, 2.24) is 47.0 Å². The van der Waals surface area contributed by atoms with Crippen molar-refractivity contribution in [2.45, 2.75) is 228 Å². The average Bonchev–Trinajstić information content (AvgIpc) is 2.84. The molecule has 3 saturated heterocycles. The molecule has 86 heavy (non-hydrogen) atoms. The summed E-state index contributed by atoms with van der Waals surface area (Å²) >= 11 is 0. The summed E-state index contributed by atoms with van der Waals surface area (Å²) in [5.41, 5.74) is 11.4. The minimum Gasteiger partial charge on any atom is -0.508 e. The van der Waals surface area contributed by atoms with E-state index in [0.717, 1.165) is 60.5 Å². The van der Waals surface area contributed by atoms with Crippen molar-refractivity contribution in [3.05, 3.63) is 29.8 Å². The van der Waals surface area contributed by atoms with Crippen molar-refractivity contribution < 1.29 is 84.0 Å². The zero-order chi connectivity index (χ0) is 63.8. The van der Waals surface area contributed by atoms with Gasteiger partial charge in [0.15, 0.2) is 6.23 Å². The number of benzene rings is 1. The Morgan fingerprint density at radius 3 is 1.85 bits per heavy atom. The number of hydrogen-bond donors (Lipinski definition) is 17. The summed E-state index contributed by atoms with van der Waals surface area (Å²) in [5, 5.41) is 106. The van der Waals surface area contributed by atoms with E-state index in [9.17, 15) is 84.0 Å². The van der Waals surface area contributed by atoms with Crippen molar-refractivity contribution in [3.8, 4) is 5.75 Å². The lowest BCUT2D eigenvalue weighted by atomic mass is 9.91. The Hall–Kier alpha value is -6.11. The molecule has 3 fully saturated rings. The second-order valence-corrected chi connectivity index (χ2v) is 23.4. The fourth-order valence-electron chi connectivity index (χ4n) is 11.0. The lowest BCUT2D eigenvalue weighted by Gasteiger charge is -2.34. The molecule has 3 aliphatic heterocycles. The van der Waals surface area contributed by atoms with Crippen molar-refractivity contribution >= 4 is 53.2 Å². The molecule has 28 heteroatoms. The molecule has 0 spiro atoms. The zero-order valence-corrected chi connectivity index (χ0v) is 50.1. The topological polar surface area (TPSA) is 458 Å². The predicted molar refractivity (Wildman–Crippen MR) is 312 cm³/mol. The highest BCUT2D eigenvalue weighted by Gasteiger charge is 2.46. The van der Waals surface area contributed by atoms with Crippen molar-refractivity contribution in [3.63, 3.8) is 0 Å². The Morgan fingerprint density at radius 1 is 0.686 bits per heavy atom. The van der Waals surface area contributed by atoms with E-state index in [1.165, 1.54) is 25.5 Å². The van der Waals surface area contributed by atoms with Gasteiger partial charge < -0.3 is 99.3 Å². The van der Waals surface area contributed by atoms with Gasteiger partial charge in [-0.2, -0.15) is 0 Å². The molecule has 3 heterocycles. The molecule has 16 atom stereocenters. The molecule has 0 aromatic heterocycles. The van der Waals surface area contributed by atoms with Crippen LogP contribution in [0.5, 0.6) is 5.75 Å². The van der Waals surface area contributed by atoms with Crippen LogP contribution in [0.4, 0.5) is 0 Å². The van der Waals surface area contributed by atoms with E-state index in [1.807, 2.05) is 0 Å². The van der Waals surface area contributed by atoms with Crippen LogP contribution in [0.1, 0.15) is 155 Å². The molecule has 0 radical (unpaired) electrons. The number of nitrogens with two attached hydrogens (primary N) is 2. The molecule has 486 valence electrons. The van der Waals surface area contributed by atoms with Gasteiger partial charge in [0, 0.05) is 32.5 Å². The number of phenols is 1. The van der Waals surface area contributed by atoms with Gasteiger partial charge in [-0.15, -0.1) is 0 Å². The van der Waals surface area contributed by atoms with Crippen LogP contribution in [0.3, 0.4) is 0 Å². The van der Waals surface area contributed by atoms with E-state index < -0.39 is 158 Å². The zero-order valence-electron chi connectivity index (χ0n) is 50.1. The first kappa shape index (κ1) is 72.4. The maximum Gasteiger partial charge on any atom is 0.248 e. The van der Waals surface area contributed by atoms with Gasteiger partial charge in [0.1, 0.15) is 66.4 Å². The maximum atomic E-state index is 14.8. The Balaban J connectivity index is 1.70. The van der Waals surface area contributed by atoms with Gasteiger partial charge in [0.05, 0.1) is 24.9 Å². The van der Waals surface area contributed by atoms with Crippen LogP contribution in [-0.4, -0.2) is 216 Å². The first-order valence-electron chi connectivity index (χ1n) is 30.5. The van der Waals surface area contributed by atoms with Gasteiger partial charge in [-0.1, -0.05) is 77.8 Å². The third kappa shape index (κ3) is 21.9. The summed E-state index contributed by atoms with van der Waals surface area (Å²) in [6.07, 6.45) is -4.14. The van der Waals surface area contributed by atoms with Crippen LogP contribution in [0.2, 0.25) is 0 Å². The van der Waals surface area contributed by atoms with Crippen LogP contribution in [0, 0.1) is 11.8 Å². The number of carbonyl (C=O) groups excluding carboxylic acids is 9. The lowest BCUT2D eigenvalue weighted by Crippen LogP contribution is -2.65. The van der Waals surface area contributed by atoms with E-state index in [0.29, 0.717) is 31.1 Å². The van der Waals surface area contributed by atoms with Crippen molar-refractivity contribution in [2.75, 3.05) is 32.8 Å². The normalized spacial score (nSPS) is 26.7. The molecular weight excluding hydrogens is 1120 g/mol. The highest BCUT2D eigenvalue weighted by molar-refractivity contribution is 5.98. The molecule has 28 nitrogen and oxygen atoms in total. The third-order valence-corrected chi connectivity index (χ3v) is 16.4. The van der Waals surface area contributed by atoms with Crippen LogP contribution < -0.4 is 48.7 Å². The monoisotopic (exact) mass is 1220 g/mol. The molecule has 0 aliphatic carbocycles. The Morgan fingerprint density at radius 2 is 1.26 bits per heavy atom. The Labute approximate surface area is 502 Å². The van der Waals surface area contributed by atoms with Gasteiger partial charge in [0.25, 0.3) is 0 Å². The SMILES string of the molecule is CCC(C)CC(C)CCCCCCCCC(=O)N[C@@H]1C[C@@H](O)[C@@H](O)NC(=O)[C@@H]2CCCN2C(=O)[C@H]([C@H](O)CCNC(=O)C(N)CCCN)NC(=O)[C@H]([C@H](O)[C@@H](O)c2ccc(O)cc2)NC(=O)[C@H](CO)NC(=O)[C@@H]2CCCN2C(=O)[C@H]([C@H](C)O)NC1=O. The number of fused-ring (bicyclic) bond motifs is 2. The fraction of sp³-hybridized carbons (Fsp3) is 0.741. The number of hydrogen-bond acceptors (Lipinski definition) is 19. The number of nitrogens with one attached hydrogen (secondary N) is 7. The number of aromatic hydroxyl groups is 1. The first-order valence-corrected chi connectivity index (χ1v) is 30.5. The average molecular weight is 1220 g/mol. The summed E-state index contributed by atoms with van der Waals surface area (Å²) in [4.78, 5) is 129. The molecule has 19 N–H and O–H groups in total. The third-order valence-electron chi connectivity index (χ3n) is 16.4. The van der Waals surface area contributed by atoms with Crippen LogP contribution in [-0.2, 0) is 43.2 Å². The van der Waals surface area contributed by atoms with Gasteiger partial charge in [-0.05, 0) is 101 Å². The molecule has 3 unspecified atom stereocenters. The Kier molecular flexibility index (Phi) is 30.5. The largest absolute Gasteiger partial charge is 0.508 e. The number of amides is 9. The minimum atomic E-state index is -2.34. The first-order chi connectivity index (χ1) is 40.8. The second-order valence-electron chi connectivity index (χ2n) is 23.4. The second kappa shape index (κ2) is 36.3. The molecule has 9 amide bonds. The molecule has 1 aromatic rings. The fourth-order valence-corrected chi connectivity index (χ4v) is 11.0. The summed E-state index contributed by atoms with van der Waals surface area (Å²) in [5.74, 6) is -8.33. The number of unbranched alkanes of at least 4 members (excludes halogenated alkanes) is 5. The van der Waals surface area contributed by atoms with Gasteiger partial charge in [0.2, 0.25) is 53.2 Å². The summed E-state index contributed by atoms with van der Waals surface area (Å²) < 4.78 is 0. The van der Waals surface area contributed by atoms with Gasteiger partial charge >= 0.3 is 0 Å². The van der Waals surface area contributed by atoms with Crippen molar-refractivity contribution in [2.24, 2.45) is 23.3 Å². The van der Waals surface area contributed by atoms with Crippen LogP contribution >= 0.6 is 0 Å². The highest BCUT2D eigenvalue weighted by Crippen LogP contribution is 2.26. The molecule has 4 rings (SSSR count). The number of rotatable bonds is 26. The van der Waals surface area contributed by atoms with E-state index in [2.05, 4.69) is 58.0 Å². The van der Waals surface area contributed by atoms with Gasteiger partial charge in [-0.3, -0.25) is 43.2 Å². The van der Waals surface area contributed by atoms with Crippen LogP contribution in [0.15, 0.2) is 24.3 Å². The lowest BCUT2D eigenvalue weighted by molar-refractivity contribution is -0.147. The standard InChI is InChI=1S/C58H97N11O17/c1-5-32(2)29-33(3)15-10-8-6-7-9-11-19-44(75)62-38-30-43(74)55(83)67-54(82)41-18-14-28-69(41)58(86)46(42(73)24-26-61-50(78)37(60)16-12-25-59)65-56(84)47(49(77)48(76)35-20-22-36(72)23-21-35)66-52(80)39(31-70)63-53(81)40-17-13-27-68(40)57(85)45(34(4)71)64-51(38)79/h20-23,32-34,37-43,45-49,55,70-74,76-77,83H,5-19,24-31,59-60H2,1-4H3,(H,61,78)(H,62,75)(H,63,81)(H,64,79)(H,65,84)(H,66,80)(H,67,82)/t32?,33?,34-,37?,38+,39-,40-,41-,42+,43+,45-,46-,47-,48-,49-,55+/m0/s1. The van der Waals surface area contributed by atoms with E-state index in [-0.39, 0.29) is 76.0 Å². The molecule has 0 saturated carbocycles. The molecular formula is C58H97N11O17. The van der Waals surface area contributed by atoms with Crippen LogP contribution in [0.25, 0.3) is 0 Å². The number of aliphatic hydroxyl groups excluding tert-OH is 7. The molecule has 1 aromatic carbocycles. The number of nitrogens with zero attached hydrogens (tertiary/aromatic N) is 2. The van der Waals surface area contributed by atoms with Crippen molar-refractivity contribution in [1.29, 1.82) is 0 Å². The van der Waals surface area contributed by atoms with E-state index >= 15 is 0 Å². The number of carbonyl (C=O) groups is 9. The predicted octanol–water partition coefficient (Wildman–Crippen LogP) is -3.11. The number of phenolic OH excluding ortho intramolecular Hbond substituents is 1. The summed E-state index contributed by atoms with van der Waals surface area (Å²) in [6.45, 7) is 6.32. The van der Waals surface area contributed by atoms with Gasteiger partial charge in [-0.25, -0.2) is 0 Å². The highest BCUT2D eigenvalue weighted by atomic mass is 16.3. The van der Waals surface area contributed by atoms with E-state index in [4.69, 9.17) is 11.5 Å².